The summed E-state index contributed by atoms with van der Waals surface area (Å²) in [4.78, 5) is 4.85. The van der Waals surface area contributed by atoms with Crippen LogP contribution in [0.1, 0.15) is 73.6 Å². The van der Waals surface area contributed by atoms with Gasteiger partial charge in [0.2, 0.25) is 0 Å². The minimum Gasteiger partial charge on any atom is -0.457 e. The number of fused-ring (bicyclic) bond motifs is 3. The van der Waals surface area contributed by atoms with Crippen LogP contribution in [0.25, 0.3) is 44.4 Å². The molecule has 5 heteroatoms. The molecule has 0 bridgehead atoms. The lowest BCUT2D eigenvalue weighted by atomic mass is 9.86. The molecule has 0 saturated carbocycles. The van der Waals surface area contributed by atoms with Gasteiger partial charge >= 0.3 is 0 Å². The normalized spacial score (nSPS) is 12.1. The lowest BCUT2D eigenvalue weighted by Crippen LogP contribution is -2.12. The van der Waals surface area contributed by atoms with E-state index in [1.807, 2.05) is 17.1 Å². The third-order valence-corrected chi connectivity index (χ3v) is 10.5. The summed E-state index contributed by atoms with van der Waals surface area (Å²) in [5.74, 6) is 3.03. The zero-order valence-electron chi connectivity index (χ0n) is 31.1. The Morgan fingerprint density at radius 3 is 2.14 bits per heavy atom. The SMILES string of the molecule is Cc1c(C)c(C)c(-c2cnn(-c3cc(Oc4ccc5c6ccccc6n(-c6cc(CC(C)C)ccn6)c5c4)cc(C(C)(C)C)c3)c2)c(C)c1C. The second kappa shape index (κ2) is 12.6. The van der Waals surface area contributed by atoms with Crippen LogP contribution in [0, 0.1) is 40.5 Å². The maximum atomic E-state index is 6.75. The van der Waals surface area contributed by atoms with Crippen LogP contribution in [0.15, 0.2) is 91.4 Å². The summed E-state index contributed by atoms with van der Waals surface area (Å²) in [7, 11) is 0. The summed E-state index contributed by atoms with van der Waals surface area (Å²) in [5, 5.41) is 7.25. The minimum absolute atomic E-state index is 0.0918. The van der Waals surface area contributed by atoms with Gasteiger partial charge in [-0.3, -0.25) is 4.57 Å². The molecule has 0 spiro atoms. The van der Waals surface area contributed by atoms with E-state index in [0.717, 1.165) is 46.0 Å². The summed E-state index contributed by atoms with van der Waals surface area (Å²) < 4.78 is 11.0. The number of para-hydroxylation sites is 1. The molecule has 0 aliphatic rings. The van der Waals surface area contributed by atoms with Gasteiger partial charge in [-0.05, 0) is 139 Å². The molecule has 0 aliphatic carbocycles. The highest BCUT2D eigenvalue weighted by atomic mass is 16.5. The second-order valence-corrected chi connectivity index (χ2v) is 15.4. The molecule has 7 rings (SSSR count). The molecule has 5 nitrogen and oxygen atoms in total. The van der Waals surface area contributed by atoms with Gasteiger partial charge in [0.05, 0.1) is 22.9 Å². The van der Waals surface area contributed by atoms with Crippen molar-refractivity contribution in [2.24, 2.45) is 5.92 Å². The van der Waals surface area contributed by atoms with E-state index in [1.54, 1.807) is 0 Å². The van der Waals surface area contributed by atoms with Crippen LogP contribution in [-0.2, 0) is 11.8 Å². The molecule has 0 atom stereocenters. The average Bonchev–Trinajstić information content (AvgIpc) is 3.69. The van der Waals surface area contributed by atoms with E-state index >= 15 is 0 Å². The van der Waals surface area contributed by atoms with E-state index in [1.165, 1.54) is 55.3 Å². The molecule has 50 heavy (non-hydrogen) atoms. The van der Waals surface area contributed by atoms with E-state index in [9.17, 15) is 0 Å². The molecule has 0 fully saturated rings. The van der Waals surface area contributed by atoms with E-state index in [-0.39, 0.29) is 5.41 Å². The predicted octanol–water partition coefficient (Wildman–Crippen LogP) is 11.9. The highest BCUT2D eigenvalue weighted by Gasteiger charge is 2.20. The summed E-state index contributed by atoms with van der Waals surface area (Å²) in [5.41, 5.74) is 14.6. The van der Waals surface area contributed by atoms with E-state index in [4.69, 9.17) is 14.8 Å². The van der Waals surface area contributed by atoms with Crippen LogP contribution < -0.4 is 4.74 Å². The first-order chi connectivity index (χ1) is 23.8. The lowest BCUT2D eigenvalue weighted by molar-refractivity contribution is 0.478. The summed E-state index contributed by atoms with van der Waals surface area (Å²) in [6.07, 6.45) is 7.08. The summed E-state index contributed by atoms with van der Waals surface area (Å²) in [6.45, 7) is 22.3. The van der Waals surface area contributed by atoms with E-state index in [2.05, 4.69) is 153 Å². The Morgan fingerprint density at radius 1 is 0.720 bits per heavy atom. The highest BCUT2D eigenvalue weighted by molar-refractivity contribution is 6.09. The van der Waals surface area contributed by atoms with Crippen molar-refractivity contribution in [3.63, 3.8) is 0 Å². The number of hydrogen-bond acceptors (Lipinski definition) is 3. The van der Waals surface area contributed by atoms with Crippen molar-refractivity contribution in [2.45, 2.75) is 81.1 Å². The van der Waals surface area contributed by atoms with Crippen molar-refractivity contribution in [3.05, 3.63) is 130 Å². The van der Waals surface area contributed by atoms with Crippen LogP contribution in [0.4, 0.5) is 0 Å². The zero-order valence-corrected chi connectivity index (χ0v) is 31.1. The molecule has 4 aromatic carbocycles. The van der Waals surface area contributed by atoms with Gasteiger partial charge in [-0.2, -0.15) is 5.10 Å². The van der Waals surface area contributed by atoms with Crippen molar-refractivity contribution >= 4 is 21.8 Å². The lowest BCUT2D eigenvalue weighted by Gasteiger charge is -2.21. The fourth-order valence-electron chi connectivity index (χ4n) is 7.31. The average molecular weight is 661 g/mol. The van der Waals surface area contributed by atoms with Gasteiger partial charge in [0.1, 0.15) is 17.3 Å². The van der Waals surface area contributed by atoms with Crippen molar-refractivity contribution in [2.75, 3.05) is 0 Å². The molecule has 0 amide bonds. The smallest absolute Gasteiger partial charge is 0.137 e. The fourth-order valence-corrected chi connectivity index (χ4v) is 7.31. The molecule has 254 valence electrons. The zero-order chi connectivity index (χ0) is 35.5. The van der Waals surface area contributed by atoms with Gasteiger partial charge in [-0.25, -0.2) is 9.67 Å². The summed E-state index contributed by atoms with van der Waals surface area (Å²) in [6, 6.07) is 25.8. The van der Waals surface area contributed by atoms with Crippen molar-refractivity contribution in [3.8, 4) is 34.1 Å². The van der Waals surface area contributed by atoms with Crippen LogP contribution in [0.2, 0.25) is 0 Å². The third-order valence-electron chi connectivity index (χ3n) is 10.5. The van der Waals surface area contributed by atoms with Crippen LogP contribution >= 0.6 is 0 Å². The predicted molar refractivity (Wildman–Crippen MR) is 209 cm³/mol. The van der Waals surface area contributed by atoms with E-state index < -0.39 is 0 Å². The number of benzene rings is 4. The van der Waals surface area contributed by atoms with Gasteiger partial charge in [0.15, 0.2) is 0 Å². The highest BCUT2D eigenvalue weighted by Crippen LogP contribution is 2.38. The van der Waals surface area contributed by atoms with Gasteiger partial charge in [-0.15, -0.1) is 0 Å². The number of nitrogens with zero attached hydrogens (tertiary/aromatic N) is 4. The molecular formula is C45H48N4O. The molecule has 7 aromatic rings. The Kier molecular flexibility index (Phi) is 8.42. The molecule has 0 N–H and O–H groups in total. The van der Waals surface area contributed by atoms with Crippen molar-refractivity contribution in [1.29, 1.82) is 0 Å². The first kappa shape index (κ1) is 33.3. The number of ether oxygens (including phenoxy) is 1. The largest absolute Gasteiger partial charge is 0.457 e. The van der Waals surface area contributed by atoms with Gasteiger partial charge in [0, 0.05) is 40.9 Å². The maximum absolute atomic E-state index is 6.75. The fraction of sp³-hybridized carbons (Fsp3) is 0.289. The molecule has 0 saturated heterocycles. The monoisotopic (exact) mass is 660 g/mol. The Balaban J connectivity index is 1.31. The molecule has 3 aromatic heterocycles. The Bertz CT molecular complexity index is 2370. The van der Waals surface area contributed by atoms with Crippen molar-refractivity contribution < 1.29 is 4.74 Å². The van der Waals surface area contributed by atoms with Gasteiger partial charge in [0.25, 0.3) is 0 Å². The summed E-state index contributed by atoms with van der Waals surface area (Å²) >= 11 is 0. The topological polar surface area (TPSA) is 44.9 Å². The Labute approximate surface area is 296 Å². The molecule has 3 heterocycles. The van der Waals surface area contributed by atoms with Gasteiger partial charge < -0.3 is 4.74 Å². The Hall–Kier alpha value is -5.16. The van der Waals surface area contributed by atoms with Crippen molar-refractivity contribution in [1.82, 2.24) is 19.3 Å². The van der Waals surface area contributed by atoms with Gasteiger partial charge in [-0.1, -0.05) is 52.8 Å². The standard InChI is InChI=1S/C45H48N4O/c1-27(2)19-33-17-18-46-43(20-33)49-41-14-12-11-13-39(41)40-16-15-37(24-42(40)49)50-38-22-35(45(8,9)10)21-36(23-38)48-26-34(25-47-48)44-31(6)29(4)28(3)30(5)32(44)7/h11-18,20-27H,19H2,1-10H3. The first-order valence-electron chi connectivity index (χ1n) is 17.7. The minimum atomic E-state index is -0.0918. The first-order valence-corrected chi connectivity index (χ1v) is 17.7. The number of rotatable bonds is 7. The number of pyridine rings is 1. The van der Waals surface area contributed by atoms with Crippen LogP contribution in [-0.4, -0.2) is 19.3 Å². The quantitative estimate of drug-likeness (QED) is 0.171. The second-order valence-electron chi connectivity index (χ2n) is 15.4. The number of aromatic nitrogens is 4. The molecular weight excluding hydrogens is 613 g/mol. The molecule has 0 radical (unpaired) electrons. The van der Waals surface area contributed by atoms with Crippen LogP contribution in [0.5, 0.6) is 11.5 Å². The third kappa shape index (κ3) is 6.00. The molecule has 0 unspecified atom stereocenters. The maximum Gasteiger partial charge on any atom is 0.137 e. The Morgan fingerprint density at radius 2 is 1.42 bits per heavy atom. The van der Waals surface area contributed by atoms with E-state index in [0.29, 0.717) is 5.92 Å². The van der Waals surface area contributed by atoms with Crippen LogP contribution in [0.3, 0.4) is 0 Å². The number of hydrogen-bond donors (Lipinski definition) is 0. The molecule has 0 aliphatic heterocycles.